The van der Waals surface area contributed by atoms with E-state index >= 15 is 0 Å². The van der Waals surface area contributed by atoms with E-state index in [0.717, 1.165) is 27.2 Å². The number of carbonyl (C=O) groups excluding carboxylic acids is 2. The van der Waals surface area contributed by atoms with E-state index in [1.54, 1.807) is 6.07 Å². The second-order valence-electron chi connectivity index (χ2n) is 6.72. The SMILES string of the molecule is CCc1sc(C(=O)NNC(=O)C2CCCN2S(=O)(=O)c2ccccc2F)cc1C. The summed E-state index contributed by atoms with van der Waals surface area (Å²) in [5, 5.41) is 0. The van der Waals surface area contributed by atoms with Gasteiger partial charge >= 0.3 is 0 Å². The molecule has 1 saturated heterocycles. The number of rotatable bonds is 5. The summed E-state index contributed by atoms with van der Waals surface area (Å²) in [6, 6.07) is 5.78. The smallest absolute Gasteiger partial charge is 0.271 e. The Kier molecular flexibility index (Phi) is 6.35. The number of hydrogen-bond acceptors (Lipinski definition) is 5. The van der Waals surface area contributed by atoms with Crippen molar-refractivity contribution in [3.8, 4) is 0 Å². The summed E-state index contributed by atoms with van der Waals surface area (Å²) in [6.45, 7) is 4.01. The van der Waals surface area contributed by atoms with Crippen LogP contribution in [0.5, 0.6) is 0 Å². The molecule has 0 radical (unpaired) electrons. The second kappa shape index (κ2) is 8.60. The molecule has 3 rings (SSSR count). The molecule has 1 unspecified atom stereocenters. The molecule has 1 atom stereocenters. The first-order valence-electron chi connectivity index (χ1n) is 9.21. The summed E-state index contributed by atoms with van der Waals surface area (Å²) < 4.78 is 40.6. The number of benzene rings is 1. The Labute approximate surface area is 172 Å². The number of carbonyl (C=O) groups is 2. The maximum Gasteiger partial charge on any atom is 0.279 e. The largest absolute Gasteiger partial charge is 0.279 e. The molecule has 2 amide bonds. The van der Waals surface area contributed by atoms with Crippen LogP contribution in [0.2, 0.25) is 0 Å². The van der Waals surface area contributed by atoms with Crippen LogP contribution in [0.4, 0.5) is 4.39 Å². The van der Waals surface area contributed by atoms with Gasteiger partial charge in [0.1, 0.15) is 16.8 Å². The van der Waals surface area contributed by atoms with Gasteiger partial charge in [0.2, 0.25) is 10.0 Å². The normalized spacial score (nSPS) is 17.3. The molecule has 0 bridgehead atoms. The Balaban J connectivity index is 1.70. The molecule has 2 aromatic rings. The van der Waals surface area contributed by atoms with E-state index in [1.807, 2.05) is 13.8 Å². The molecule has 0 saturated carbocycles. The molecule has 1 aromatic carbocycles. The Morgan fingerprint density at radius 3 is 2.66 bits per heavy atom. The zero-order valence-corrected chi connectivity index (χ0v) is 17.7. The zero-order chi connectivity index (χ0) is 21.2. The van der Waals surface area contributed by atoms with Crippen molar-refractivity contribution in [2.24, 2.45) is 0 Å². The number of sulfonamides is 1. The molecule has 1 aromatic heterocycles. The molecule has 10 heteroatoms. The number of thiophene rings is 1. The lowest BCUT2D eigenvalue weighted by atomic mass is 10.2. The van der Waals surface area contributed by atoms with Crippen molar-refractivity contribution in [3.05, 3.63) is 51.5 Å². The van der Waals surface area contributed by atoms with E-state index in [4.69, 9.17) is 0 Å². The lowest BCUT2D eigenvalue weighted by Gasteiger charge is -2.23. The van der Waals surface area contributed by atoms with Gasteiger partial charge in [0.25, 0.3) is 11.8 Å². The maximum absolute atomic E-state index is 14.0. The molecule has 2 N–H and O–H groups in total. The first-order valence-corrected chi connectivity index (χ1v) is 11.5. The Morgan fingerprint density at radius 2 is 2.00 bits per heavy atom. The minimum atomic E-state index is -4.17. The van der Waals surface area contributed by atoms with Crippen molar-refractivity contribution in [1.82, 2.24) is 15.2 Å². The van der Waals surface area contributed by atoms with E-state index in [-0.39, 0.29) is 13.0 Å². The van der Waals surface area contributed by atoms with Crippen LogP contribution in [0.25, 0.3) is 0 Å². The third-order valence-electron chi connectivity index (χ3n) is 4.79. The molecule has 0 aliphatic carbocycles. The number of amides is 2. The predicted octanol–water partition coefficient (Wildman–Crippen LogP) is 2.37. The monoisotopic (exact) mass is 439 g/mol. The fourth-order valence-corrected chi connectivity index (χ4v) is 6.05. The Hall–Kier alpha value is -2.30. The molecule has 29 heavy (non-hydrogen) atoms. The highest BCUT2D eigenvalue weighted by atomic mass is 32.2. The molecule has 156 valence electrons. The summed E-state index contributed by atoms with van der Waals surface area (Å²) in [4.78, 5) is 25.9. The molecule has 1 aliphatic heterocycles. The zero-order valence-electron chi connectivity index (χ0n) is 16.1. The highest BCUT2D eigenvalue weighted by Crippen LogP contribution is 2.27. The third-order valence-corrected chi connectivity index (χ3v) is 8.12. The van der Waals surface area contributed by atoms with Gasteiger partial charge in [-0.1, -0.05) is 19.1 Å². The fraction of sp³-hybridized carbons (Fsp3) is 0.368. The molecular formula is C19H22FN3O4S2. The number of nitrogens with zero attached hydrogens (tertiary/aromatic N) is 1. The number of hydrazine groups is 1. The highest BCUT2D eigenvalue weighted by molar-refractivity contribution is 7.89. The van der Waals surface area contributed by atoms with E-state index in [9.17, 15) is 22.4 Å². The van der Waals surface area contributed by atoms with Crippen molar-refractivity contribution in [2.75, 3.05) is 6.54 Å². The van der Waals surface area contributed by atoms with Crippen molar-refractivity contribution >= 4 is 33.2 Å². The van der Waals surface area contributed by atoms with E-state index in [2.05, 4.69) is 10.9 Å². The molecular weight excluding hydrogens is 417 g/mol. The standard InChI is InChI=1S/C19H22FN3O4S2/c1-3-15-12(2)11-16(28-15)19(25)22-21-18(24)14-8-6-10-23(14)29(26,27)17-9-5-4-7-13(17)20/h4-5,7,9,11,14H,3,6,8,10H2,1-2H3,(H,21,24)(H,22,25). The molecule has 1 aliphatic rings. The van der Waals surface area contributed by atoms with Crippen LogP contribution >= 0.6 is 11.3 Å². The number of hydrogen-bond donors (Lipinski definition) is 2. The van der Waals surface area contributed by atoms with E-state index in [0.29, 0.717) is 11.3 Å². The summed E-state index contributed by atoms with van der Waals surface area (Å²) in [7, 11) is -4.17. The van der Waals surface area contributed by atoms with Gasteiger partial charge in [0.05, 0.1) is 4.88 Å². The van der Waals surface area contributed by atoms with E-state index < -0.39 is 38.6 Å². The van der Waals surface area contributed by atoms with Crippen LogP contribution < -0.4 is 10.9 Å². The van der Waals surface area contributed by atoms with Gasteiger partial charge in [-0.3, -0.25) is 20.4 Å². The second-order valence-corrected chi connectivity index (χ2v) is 9.71. The summed E-state index contributed by atoms with van der Waals surface area (Å²) in [5.41, 5.74) is 5.65. The fourth-order valence-electron chi connectivity index (χ4n) is 3.32. The Morgan fingerprint density at radius 1 is 1.28 bits per heavy atom. The molecule has 1 fully saturated rings. The molecule has 2 heterocycles. The summed E-state index contributed by atoms with van der Waals surface area (Å²) in [6.07, 6.45) is 1.55. The number of nitrogens with one attached hydrogen (secondary N) is 2. The minimum Gasteiger partial charge on any atom is -0.271 e. The summed E-state index contributed by atoms with van der Waals surface area (Å²) in [5.74, 6) is -1.99. The lowest BCUT2D eigenvalue weighted by Crippen LogP contribution is -2.51. The average molecular weight is 440 g/mol. The Bertz CT molecular complexity index is 1040. The predicted molar refractivity (Wildman–Crippen MR) is 107 cm³/mol. The number of halogens is 1. The van der Waals surface area contributed by atoms with Crippen molar-refractivity contribution in [1.29, 1.82) is 0 Å². The van der Waals surface area contributed by atoms with Crippen LogP contribution in [0, 0.1) is 12.7 Å². The molecule has 7 nitrogen and oxygen atoms in total. The third kappa shape index (κ3) is 4.34. The molecule has 0 spiro atoms. The van der Waals surface area contributed by atoms with Crippen molar-refractivity contribution < 1.29 is 22.4 Å². The van der Waals surface area contributed by atoms with Crippen LogP contribution in [0.15, 0.2) is 35.2 Å². The number of aryl methyl sites for hydroxylation is 2. The van der Waals surface area contributed by atoms with Gasteiger partial charge in [-0.15, -0.1) is 11.3 Å². The van der Waals surface area contributed by atoms with Crippen LogP contribution in [0.1, 0.15) is 39.9 Å². The van der Waals surface area contributed by atoms with Gasteiger partial charge in [-0.05, 0) is 49.9 Å². The first-order chi connectivity index (χ1) is 13.8. The van der Waals surface area contributed by atoms with Crippen molar-refractivity contribution in [2.45, 2.75) is 44.0 Å². The first kappa shape index (κ1) is 21.4. The van der Waals surface area contributed by atoms with Crippen LogP contribution in [-0.2, 0) is 21.2 Å². The van der Waals surface area contributed by atoms with Crippen LogP contribution in [0.3, 0.4) is 0 Å². The quantitative estimate of drug-likeness (QED) is 0.700. The van der Waals surface area contributed by atoms with Crippen LogP contribution in [-0.4, -0.2) is 37.1 Å². The minimum absolute atomic E-state index is 0.104. The van der Waals surface area contributed by atoms with E-state index in [1.165, 1.54) is 29.5 Å². The summed E-state index contributed by atoms with van der Waals surface area (Å²) >= 11 is 1.34. The van der Waals surface area contributed by atoms with Gasteiger partial charge in [-0.25, -0.2) is 12.8 Å². The highest BCUT2D eigenvalue weighted by Gasteiger charge is 2.40. The van der Waals surface area contributed by atoms with Gasteiger partial charge in [0, 0.05) is 11.4 Å². The lowest BCUT2D eigenvalue weighted by molar-refractivity contribution is -0.125. The van der Waals surface area contributed by atoms with Crippen molar-refractivity contribution in [3.63, 3.8) is 0 Å². The van der Waals surface area contributed by atoms with Gasteiger partial charge in [-0.2, -0.15) is 4.31 Å². The van der Waals surface area contributed by atoms with Gasteiger partial charge < -0.3 is 0 Å². The maximum atomic E-state index is 14.0. The van der Waals surface area contributed by atoms with Gasteiger partial charge in [0.15, 0.2) is 0 Å². The average Bonchev–Trinajstić information content (AvgIpc) is 3.33. The topological polar surface area (TPSA) is 95.6 Å².